The fraction of sp³-hybridized carbons (Fsp3) is 0.333. The number of rotatable bonds is 1. The van der Waals surface area contributed by atoms with Crippen LogP contribution in [0.3, 0.4) is 0 Å². The van der Waals surface area contributed by atoms with Crippen LogP contribution in [0.15, 0.2) is 12.4 Å². The van der Waals surface area contributed by atoms with Gasteiger partial charge in [-0.15, -0.1) is 0 Å². The summed E-state index contributed by atoms with van der Waals surface area (Å²) in [7, 11) is 1.85. The summed E-state index contributed by atoms with van der Waals surface area (Å²) in [5, 5.41) is 0.968. The van der Waals surface area contributed by atoms with Gasteiger partial charge in [0.05, 0.1) is 6.20 Å². The maximum atomic E-state index is 3.81. The van der Waals surface area contributed by atoms with E-state index in [-0.39, 0.29) is 0 Å². The minimum Gasteiger partial charge on any atom is -0.465 e. The van der Waals surface area contributed by atoms with E-state index in [1.54, 1.807) is 6.20 Å². The van der Waals surface area contributed by atoms with E-state index in [1.165, 1.54) is 0 Å². The van der Waals surface area contributed by atoms with E-state index in [0.717, 1.165) is 5.12 Å². The maximum Gasteiger partial charge on any atom is 0.0901 e. The van der Waals surface area contributed by atoms with Crippen LogP contribution in [0.1, 0.15) is 0 Å². The lowest BCUT2D eigenvalue weighted by atomic mass is 10.8. The van der Waals surface area contributed by atoms with Gasteiger partial charge in [0, 0.05) is 7.05 Å². The summed E-state index contributed by atoms with van der Waals surface area (Å²) in [6.07, 6.45) is 3.67. The molecule has 0 spiro atoms. The van der Waals surface area contributed by atoms with Gasteiger partial charge in [-0.25, -0.2) is 0 Å². The average molecular weight is 85.1 g/mol. The molecule has 0 aromatic carbocycles. The molecule has 34 valence electrons. The van der Waals surface area contributed by atoms with Gasteiger partial charge in [-0.3, -0.25) is 5.12 Å². The SMILES string of the molecule is CN[NH+]1C=C[N-]1. The molecule has 0 saturated heterocycles. The quantitative estimate of drug-likeness (QED) is 0.411. The standard InChI is InChI=1S/C3H7N3/c1-4-6-3-2-5-6/h2-4,6H,1H3. The van der Waals surface area contributed by atoms with Crippen LogP contribution in [0.25, 0.3) is 5.43 Å². The lowest BCUT2D eigenvalue weighted by molar-refractivity contribution is -0.866. The summed E-state index contributed by atoms with van der Waals surface area (Å²) in [6.45, 7) is 0. The van der Waals surface area contributed by atoms with Gasteiger partial charge < -0.3 is 5.43 Å². The molecular weight excluding hydrogens is 78.1 g/mol. The summed E-state index contributed by atoms with van der Waals surface area (Å²) < 4.78 is 0. The first kappa shape index (κ1) is 3.64. The summed E-state index contributed by atoms with van der Waals surface area (Å²) in [4.78, 5) is 0. The normalized spacial score (nSPS) is 28.5. The highest BCUT2D eigenvalue weighted by Crippen LogP contribution is 1.78. The van der Waals surface area contributed by atoms with Crippen molar-refractivity contribution in [3.05, 3.63) is 17.8 Å². The van der Waals surface area contributed by atoms with Gasteiger partial charge in [0.1, 0.15) is 0 Å². The largest absolute Gasteiger partial charge is 0.465 e. The minimum atomic E-state index is 0.968. The zero-order chi connectivity index (χ0) is 4.41. The zero-order valence-corrected chi connectivity index (χ0v) is 3.60. The van der Waals surface area contributed by atoms with Crippen molar-refractivity contribution in [2.45, 2.75) is 0 Å². The molecule has 0 aliphatic carbocycles. The van der Waals surface area contributed by atoms with Gasteiger partial charge in [0.2, 0.25) is 0 Å². The van der Waals surface area contributed by atoms with Gasteiger partial charge in [0.15, 0.2) is 0 Å². The number of hydrogen-bond donors (Lipinski definition) is 2. The number of nitrogens with zero attached hydrogens (tertiary/aromatic N) is 1. The van der Waals surface area contributed by atoms with Gasteiger partial charge in [-0.1, -0.05) is 6.20 Å². The van der Waals surface area contributed by atoms with Crippen LogP contribution in [0.5, 0.6) is 0 Å². The van der Waals surface area contributed by atoms with Crippen molar-refractivity contribution in [3.63, 3.8) is 0 Å². The molecule has 1 atom stereocenters. The topological polar surface area (TPSA) is 30.6 Å². The Morgan fingerprint density at radius 3 is 2.50 bits per heavy atom. The Kier molecular flexibility index (Phi) is 0.777. The second-order valence-corrected chi connectivity index (χ2v) is 1.08. The first-order valence-electron chi connectivity index (χ1n) is 1.85. The van der Waals surface area contributed by atoms with E-state index >= 15 is 0 Å². The average Bonchev–Trinajstić information content (AvgIpc) is 1.31. The van der Waals surface area contributed by atoms with E-state index in [9.17, 15) is 0 Å². The van der Waals surface area contributed by atoms with Crippen molar-refractivity contribution < 1.29 is 5.12 Å². The van der Waals surface area contributed by atoms with Crippen LogP contribution in [0.2, 0.25) is 0 Å². The third-order valence-corrected chi connectivity index (χ3v) is 0.702. The molecule has 0 amide bonds. The molecule has 6 heavy (non-hydrogen) atoms. The highest BCUT2D eigenvalue weighted by atomic mass is 15.7. The Hall–Kier alpha value is -0.540. The highest BCUT2D eigenvalue weighted by molar-refractivity contribution is 4.92. The number of hydrogen-bond acceptors (Lipinski definition) is 1. The minimum absolute atomic E-state index is 0.968. The number of nitrogens with one attached hydrogen (secondary N) is 2. The zero-order valence-electron chi connectivity index (χ0n) is 3.60. The van der Waals surface area contributed by atoms with Crippen molar-refractivity contribution in [2.75, 3.05) is 7.05 Å². The Labute approximate surface area is 36.6 Å². The molecule has 0 aromatic heterocycles. The molecule has 0 fully saturated rings. The molecule has 1 aliphatic heterocycles. The van der Waals surface area contributed by atoms with Crippen LogP contribution in [0.4, 0.5) is 0 Å². The summed E-state index contributed by atoms with van der Waals surface area (Å²) >= 11 is 0. The molecular formula is C3H7N3. The van der Waals surface area contributed by atoms with Gasteiger partial charge in [-0.05, 0) is 0 Å². The fourth-order valence-electron chi connectivity index (χ4n) is 0.297. The van der Waals surface area contributed by atoms with Crippen LogP contribution in [0, 0.1) is 0 Å². The Morgan fingerprint density at radius 1 is 1.83 bits per heavy atom. The Balaban J connectivity index is 2.21. The molecule has 0 radical (unpaired) electrons. The lowest BCUT2D eigenvalue weighted by Gasteiger charge is -2.30. The van der Waals surface area contributed by atoms with Gasteiger partial charge >= 0.3 is 0 Å². The molecule has 3 nitrogen and oxygen atoms in total. The van der Waals surface area contributed by atoms with Crippen molar-refractivity contribution in [2.24, 2.45) is 0 Å². The molecule has 1 aliphatic rings. The molecule has 2 N–H and O–H groups in total. The predicted octanol–water partition coefficient (Wildman–Crippen LogP) is -1.22. The molecule has 1 rings (SSSR count). The molecule has 1 heterocycles. The van der Waals surface area contributed by atoms with E-state index in [1.807, 2.05) is 13.2 Å². The lowest BCUT2D eigenvalue weighted by Crippen LogP contribution is -3.12. The maximum absolute atomic E-state index is 3.81. The first-order chi connectivity index (χ1) is 2.93. The second kappa shape index (κ2) is 1.28. The van der Waals surface area contributed by atoms with E-state index in [2.05, 4.69) is 10.9 Å². The van der Waals surface area contributed by atoms with Gasteiger partial charge in [0.25, 0.3) is 0 Å². The first-order valence-corrected chi connectivity index (χ1v) is 1.85. The van der Waals surface area contributed by atoms with E-state index in [4.69, 9.17) is 0 Å². The molecule has 1 unspecified atom stereocenters. The predicted molar refractivity (Wildman–Crippen MR) is 22.5 cm³/mol. The molecule has 0 bridgehead atoms. The molecule has 3 heteroatoms. The van der Waals surface area contributed by atoms with Crippen molar-refractivity contribution >= 4 is 0 Å². The third kappa shape index (κ3) is 0.376. The van der Waals surface area contributed by atoms with E-state index < -0.39 is 0 Å². The summed E-state index contributed by atoms with van der Waals surface area (Å²) in [5.41, 5.74) is 6.68. The number of quaternary nitrogens is 1. The molecule has 0 saturated carbocycles. The van der Waals surface area contributed by atoms with Crippen LogP contribution in [-0.4, -0.2) is 7.05 Å². The summed E-state index contributed by atoms with van der Waals surface area (Å²) in [6, 6.07) is 0. The smallest absolute Gasteiger partial charge is 0.0901 e. The van der Waals surface area contributed by atoms with Crippen molar-refractivity contribution in [1.82, 2.24) is 5.43 Å². The molecule has 0 aromatic rings. The van der Waals surface area contributed by atoms with E-state index in [0.29, 0.717) is 0 Å². The van der Waals surface area contributed by atoms with Crippen molar-refractivity contribution in [3.8, 4) is 0 Å². The fourth-order valence-corrected chi connectivity index (χ4v) is 0.297. The third-order valence-electron chi connectivity index (χ3n) is 0.702. The van der Waals surface area contributed by atoms with Crippen molar-refractivity contribution in [1.29, 1.82) is 0 Å². The Morgan fingerprint density at radius 2 is 2.50 bits per heavy atom. The second-order valence-electron chi connectivity index (χ2n) is 1.08. The van der Waals surface area contributed by atoms with Crippen LogP contribution in [-0.2, 0) is 0 Å². The van der Waals surface area contributed by atoms with Crippen LogP contribution >= 0.6 is 0 Å². The highest BCUT2D eigenvalue weighted by Gasteiger charge is 1.89. The Bertz CT molecular complexity index is 68.4. The monoisotopic (exact) mass is 85.1 g/mol. The summed E-state index contributed by atoms with van der Waals surface area (Å²) in [5.74, 6) is 0. The van der Waals surface area contributed by atoms with Crippen LogP contribution < -0.4 is 10.5 Å². The van der Waals surface area contributed by atoms with Gasteiger partial charge in [-0.2, -0.15) is 5.43 Å².